The maximum Gasteiger partial charge on any atom is 0.350 e. The van der Waals surface area contributed by atoms with Crippen molar-refractivity contribution in [3.63, 3.8) is 0 Å². The number of nitrogens with zero attached hydrogens (tertiary/aromatic N) is 2. The first-order valence-electron chi connectivity index (χ1n) is 9.21. The molecule has 2 fully saturated rings. The van der Waals surface area contributed by atoms with Gasteiger partial charge < -0.3 is 20.1 Å². The second-order valence-corrected chi connectivity index (χ2v) is 8.32. The van der Waals surface area contributed by atoms with E-state index in [1.807, 2.05) is 0 Å². The number of amides is 2. The van der Waals surface area contributed by atoms with Gasteiger partial charge in [0.1, 0.15) is 9.88 Å². The van der Waals surface area contributed by atoms with Crippen LogP contribution >= 0.6 is 11.3 Å². The van der Waals surface area contributed by atoms with Crippen molar-refractivity contribution in [2.24, 2.45) is 11.3 Å². The van der Waals surface area contributed by atoms with E-state index in [-0.39, 0.29) is 24.5 Å². The van der Waals surface area contributed by atoms with Gasteiger partial charge in [-0.25, -0.2) is 14.6 Å². The molecule has 1 saturated heterocycles. The highest BCUT2D eigenvalue weighted by Crippen LogP contribution is 2.48. The van der Waals surface area contributed by atoms with Crippen LogP contribution in [0.15, 0.2) is 0 Å². The predicted octanol–water partition coefficient (Wildman–Crippen LogP) is 2.59. The average molecular weight is 395 g/mol. The first-order chi connectivity index (χ1) is 12.8. The van der Waals surface area contributed by atoms with Crippen LogP contribution in [0.5, 0.6) is 0 Å². The molecule has 0 bridgehead atoms. The number of fused-ring (bicyclic) bond motifs is 1. The fourth-order valence-corrected chi connectivity index (χ4v) is 5.08. The molecule has 2 N–H and O–H groups in total. The Morgan fingerprint density at radius 2 is 2.22 bits per heavy atom. The lowest BCUT2D eigenvalue weighted by atomic mass is 9.81. The number of esters is 1. The van der Waals surface area contributed by atoms with Crippen molar-refractivity contribution in [3.05, 3.63) is 15.6 Å². The summed E-state index contributed by atoms with van der Waals surface area (Å²) in [6.45, 7) is 6.28. The third kappa shape index (κ3) is 3.52. The van der Waals surface area contributed by atoms with Crippen LogP contribution in [-0.4, -0.2) is 52.7 Å². The Bertz CT molecular complexity index is 764. The highest BCUT2D eigenvalue weighted by molar-refractivity contribution is 7.13. The van der Waals surface area contributed by atoms with E-state index in [1.54, 1.807) is 25.7 Å². The molecule has 1 unspecified atom stereocenters. The van der Waals surface area contributed by atoms with Crippen molar-refractivity contribution >= 4 is 29.3 Å². The summed E-state index contributed by atoms with van der Waals surface area (Å²) in [6, 6.07) is -0.673. The molecule has 1 saturated carbocycles. The van der Waals surface area contributed by atoms with Gasteiger partial charge in [0, 0.05) is 13.1 Å². The molecule has 0 spiro atoms. The number of ether oxygens (including phenoxy) is 1. The molecule has 0 aromatic carbocycles. The van der Waals surface area contributed by atoms with E-state index < -0.39 is 17.4 Å². The summed E-state index contributed by atoms with van der Waals surface area (Å²) in [5, 5.41) is 13.2. The minimum Gasteiger partial charge on any atom is -0.481 e. The van der Waals surface area contributed by atoms with E-state index in [0.717, 1.165) is 12.8 Å². The van der Waals surface area contributed by atoms with Gasteiger partial charge in [0.2, 0.25) is 0 Å². The average Bonchev–Trinajstić information content (AvgIpc) is 3.26. The maximum atomic E-state index is 12.7. The SMILES string of the molecule is CCOC(=O)c1sc(C(C)NC(=O)N2C[C@@H]3CCC[C@@]3(C(=O)O)C2)nc1C. The fourth-order valence-electron chi connectivity index (χ4n) is 4.12. The first-order valence-corrected chi connectivity index (χ1v) is 10.0. The lowest BCUT2D eigenvalue weighted by Gasteiger charge is -2.24. The third-order valence-corrected chi connectivity index (χ3v) is 6.89. The standard InChI is InChI=1S/C18H25N3O5S/c1-4-26-15(22)13-10(2)19-14(27-13)11(3)20-17(25)21-8-12-6-5-7-18(12,9-21)16(23)24/h11-12H,4-9H2,1-3H3,(H,20,25)(H,23,24)/t11?,12-,18+/m0/s1. The molecule has 2 heterocycles. The Hall–Kier alpha value is -2.16. The Kier molecular flexibility index (Phi) is 5.41. The number of thiazole rings is 1. The molecule has 2 amide bonds. The third-order valence-electron chi connectivity index (χ3n) is 5.57. The quantitative estimate of drug-likeness (QED) is 0.742. The number of aromatic nitrogens is 1. The number of carbonyl (C=O) groups excluding carboxylic acids is 2. The summed E-state index contributed by atoms with van der Waals surface area (Å²) in [6.07, 6.45) is 2.37. The van der Waals surface area contributed by atoms with E-state index in [1.165, 1.54) is 11.3 Å². The monoisotopic (exact) mass is 395 g/mol. The molecule has 148 valence electrons. The number of likely N-dealkylation sites (tertiary alicyclic amines) is 1. The predicted molar refractivity (Wildman–Crippen MR) is 98.7 cm³/mol. The summed E-state index contributed by atoms with van der Waals surface area (Å²) >= 11 is 1.21. The molecule has 1 aromatic heterocycles. The summed E-state index contributed by atoms with van der Waals surface area (Å²) in [5.74, 6) is -1.19. The number of carboxylic acid groups (broad SMARTS) is 1. The highest BCUT2D eigenvalue weighted by Gasteiger charge is 2.55. The van der Waals surface area contributed by atoms with Gasteiger partial charge in [0.15, 0.2) is 0 Å². The second kappa shape index (κ2) is 7.46. The van der Waals surface area contributed by atoms with Crippen LogP contribution in [0.1, 0.15) is 59.5 Å². The van der Waals surface area contributed by atoms with E-state index in [2.05, 4.69) is 10.3 Å². The number of urea groups is 1. The topological polar surface area (TPSA) is 109 Å². The van der Waals surface area contributed by atoms with Gasteiger partial charge in [-0.1, -0.05) is 6.42 Å². The molecule has 8 nitrogen and oxygen atoms in total. The van der Waals surface area contributed by atoms with Gasteiger partial charge in [-0.3, -0.25) is 4.79 Å². The molecule has 27 heavy (non-hydrogen) atoms. The summed E-state index contributed by atoms with van der Waals surface area (Å²) < 4.78 is 5.02. The highest BCUT2D eigenvalue weighted by atomic mass is 32.1. The number of hydrogen-bond donors (Lipinski definition) is 2. The molecule has 9 heteroatoms. The largest absolute Gasteiger partial charge is 0.481 e. The molecule has 2 aliphatic rings. The minimum atomic E-state index is -0.803. The van der Waals surface area contributed by atoms with Gasteiger partial charge in [0.25, 0.3) is 0 Å². The van der Waals surface area contributed by atoms with Crippen LogP contribution in [0.4, 0.5) is 4.79 Å². The van der Waals surface area contributed by atoms with E-state index in [4.69, 9.17) is 4.74 Å². The van der Waals surface area contributed by atoms with Crippen LogP contribution in [-0.2, 0) is 9.53 Å². The number of carbonyl (C=O) groups is 3. The van der Waals surface area contributed by atoms with E-state index in [9.17, 15) is 19.5 Å². The molecule has 1 aromatic rings. The maximum absolute atomic E-state index is 12.7. The number of rotatable bonds is 5. The van der Waals surface area contributed by atoms with Gasteiger partial charge in [-0.15, -0.1) is 11.3 Å². The lowest BCUT2D eigenvalue weighted by Crippen LogP contribution is -2.42. The van der Waals surface area contributed by atoms with Gasteiger partial charge >= 0.3 is 18.0 Å². The van der Waals surface area contributed by atoms with Crippen LogP contribution in [0, 0.1) is 18.3 Å². The number of hydrogen-bond acceptors (Lipinski definition) is 6. The second-order valence-electron chi connectivity index (χ2n) is 7.29. The molecule has 3 rings (SSSR count). The zero-order valence-corrected chi connectivity index (χ0v) is 16.6. The molecular weight excluding hydrogens is 370 g/mol. The van der Waals surface area contributed by atoms with Crippen LogP contribution in [0.2, 0.25) is 0 Å². The summed E-state index contributed by atoms with van der Waals surface area (Å²) in [7, 11) is 0. The van der Waals surface area contributed by atoms with Crippen molar-refractivity contribution in [2.75, 3.05) is 19.7 Å². The van der Waals surface area contributed by atoms with Crippen molar-refractivity contribution in [2.45, 2.75) is 46.1 Å². The smallest absolute Gasteiger partial charge is 0.350 e. The first kappa shape index (κ1) is 19.6. The molecule has 1 aliphatic carbocycles. The van der Waals surface area contributed by atoms with Gasteiger partial charge in [0.05, 0.1) is 23.8 Å². The fraction of sp³-hybridized carbons (Fsp3) is 0.667. The zero-order valence-electron chi connectivity index (χ0n) is 15.8. The molecule has 1 aliphatic heterocycles. The van der Waals surface area contributed by atoms with E-state index >= 15 is 0 Å². The number of aryl methyl sites for hydroxylation is 1. The van der Waals surface area contributed by atoms with Gasteiger partial charge in [-0.05, 0) is 39.5 Å². The van der Waals surface area contributed by atoms with Gasteiger partial charge in [-0.2, -0.15) is 0 Å². The normalized spacial score (nSPS) is 25.1. The Morgan fingerprint density at radius 3 is 2.85 bits per heavy atom. The Balaban J connectivity index is 1.66. The Morgan fingerprint density at radius 1 is 1.48 bits per heavy atom. The Labute approximate surface area is 161 Å². The molecular formula is C18H25N3O5S. The van der Waals surface area contributed by atoms with Crippen molar-refractivity contribution in [3.8, 4) is 0 Å². The van der Waals surface area contributed by atoms with Crippen LogP contribution in [0.25, 0.3) is 0 Å². The van der Waals surface area contributed by atoms with Crippen LogP contribution < -0.4 is 5.32 Å². The van der Waals surface area contributed by atoms with Crippen molar-refractivity contribution < 1.29 is 24.2 Å². The van der Waals surface area contributed by atoms with Crippen molar-refractivity contribution in [1.29, 1.82) is 0 Å². The number of nitrogens with one attached hydrogen (secondary N) is 1. The lowest BCUT2D eigenvalue weighted by molar-refractivity contribution is -0.149. The molecule has 3 atom stereocenters. The summed E-state index contributed by atoms with van der Waals surface area (Å²) in [5.41, 5.74) is -0.217. The van der Waals surface area contributed by atoms with E-state index in [0.29, 0.717) is 35.2 Å². The van der Waals surface area contributed by atoms with Crippen LogP contribution in [0.3, 0.4) is 0 Å². The zero-order chi connectivity index (χ0) is 19.8. The summed E-state index contributed by atoms with van der Waals surface area (Å²) in [4.78, 5) is 42.8. The van der Waals surface area contributed by atoms with Crippen molar-refractivity contribution in [1.82, 2.24) is 15.2 Å². The number of carboxylic acids is 1. The minimum absolute atomic E-state index is 0.0218. The number of aliphatic carboxylic acids is 1. The molecule has 0 radical (unpaired) electrons.